The number of hydrogen-bond donors (Lipinski definition) is 2. The predicted molar refractivity (Wildman–Crippen MR) is 79.7 cm³/mol. The highest BCUT2D eigenvalue weighted by Gasteiger charge is 2.09. The minimum absolute atomic E-state index is 0.223. The lowest BCUT2D eigenvalue weighted by atomic mass is 10.1. The zero-order chi connectivity index (χ0) is 13.7. The standard InChI is InChI=1S/C16H20N2O/c1-16(2,17)12-18-13-8-10-15(11-9-13)19-14-6-4-3-5-7-14/h3-11,18H,12,17H2,1-2H3. The molecular weight excluding hydrogens is 236 g/mol. The van der Waals surface area contributed by atoms with Gasteiger partial charge < -0.3 is 15.8 Å². The Kier molecular flexibility index (Phi) is 4.07. The third-order valence-corrected chi connectivity index (χ3v) is 2.58. The topological polar surface area (TPSA) is 47.3 Å². The summed E-state index contributed by atoms with van der Waals surface area (Å²) in [5, 5.41) is 3.30. The maximum absolute atomic E-state index is 5.93. The van der Waals surface area contributed by atoms with Gasteiger partial charge in [0.25, 0.3) is 0 Å². The van der Waals surface area contributed by atoms with Crippen molar-refractivity contribution in [2.75, 3.05) is 11.9 Å². The van der Waals surface area contributed by atoms with Crippen LogP contribution in [0.5, 0.6) is 11.5 Å². The largest absolute Gasteiger partial charge is 0.457 e. The Morgan fingerprint density at radius 3 is 2.11 bits per heavy atom. The first kappa shape index (κ1) is 13.4. The van der Waals surface area contributed by atoms with Crippen LogP contribution in [0.4, 0.5) is 5.69 Å². The van der Waals surface area contributed by atoms with E-state index in [-0.39, 0.29) is 5.54 Å². The molecule has 3 nitrogen and oxygen atoms in total. The van der Waals surface area contributed by atoms with E-state index in [1.54, 1.807) is 0 Å². The Balaban J connectivity index is 1.95. The molecule has 0 atom stereocenters. The number of nitrogens with two attached hydrogens (primary N) is 1. The molecular formula is C16H20N2O. The van der Waals surface area contributed by atoms with Crippen LogP contribution in [0, 0.1) is 0 Å². The molecule has 3 N–H and O–H groups in total. The molecule has 2 rings (SSSR count). The monoisotopic (exact) mass is 256 g/mol. The van der Waals surface area contributed by atoms with Gasteiger partial charge in [-0.15, -0.1) is 0 Å². The van der Waals surface area contributed by atoms with E-state index in [0.717, 1.165) is 23.7 Å². The molecule has 0 saturated heterocycles. The van der Waals surface area contributed by atoms with Crippen molar-refractivity contribution in [1.29, 1.82) is 0 Å². The second kappa shape index (κ2) is 5.76. The summed E-state index contributed by atoms with van der Waals surface area (Å²) in [5.74, 6) is 1.66. The molecule has 0 amide bonds. The molecule has 0 heterocycles. The van der Waals surface area contributed by atoms with E-state index in [2.05, 4.69) is 5.32 Å². The van der Waals surface area contributed by atoms with Gasteiger partial charge in [-0.1, -0.05) is 18.2 Å². The summed E-state index contributed by atoms with van der Waals surface area (Å²) in [6.07, 6.45) is 0. The Morgan fingerprint density at radius 2 is 1.53 bits per heavy atom. The quantitative estimate of drug-likeness (QED) is 0.858. The smallest absolute Gasteiger partial charge is 0.127 e. The van der Waals surface area contributed by atoms with Gasteiger partial charge in [0.2, 0.25) is 0 Å². The fourth-order valence-electron chi connectivity index (χ4n) is 1.60. The van der Waals surface area contributed by atoms with Crippen molar-refractivity contribution in [2.45, 2.75) is 19.4 Å². The Bertz CT molecular complexity index is 501. The van der Waals surface area contributed by atoms with Gasteiger partial charge in [0.1, 0.15) is 11.5 Å². The molecule has 0 fully saturated rings. The predicted octanol–water partition coefficient (Wildman–Crippen LogP) is 3.63. The second-order valence-electron chi connectivity index (χ2n) is 5.28. The van der Waals surface area contributed by atoms with Crippen LogP contribution in [0.3, 0.4) is 0 Å². The summed E-state index contributed by atoms with van der Waals surface area (Å²) in [4.78, 5) is 0. The van der Waals surface area contributed by atoms with E-state index in [4.69, 9.17) is 10.5 Å². The fourth-order valence-corrected chi connectivity index (χ4v) is 1.60. The van der Waals surface area contributed by atoms with Crippen molar-refractivity contribution in [1.82, 2.24) is 0 Å². The van der Waals surface area contributed by atoms with Crippen molar-refractivity contribution < 1.29 is 4.74 Å². The summed E-state index contributed by atoms with van der Waals surface area (Å²) in [6.45, 7) is 4.71. The highest BCUT2D eigenvalue weighted by Crippen LogP contribution is 2.22. The Morgan fingerprint density at radius 1 is 0.947 bits per heavy atom. The molecule has 0 saturated carbocycles. The van der Waals surface area contributed by atoms with Gasteiger partial charge in [-0.25, -0.2) is 0 Å². The maximum Gasteiger partial charge on any atom is 0.127 e. The van der Waals surface area contributed by atoms with Crippen molar-refractivity contribution in [3.05, 3.63) is 54.6 Å². The number of hydrogen-bond acceptors (Lipinski definition) is 3. The first-order chi connectivity index (χ1) is 9.03. The number of anilines is 1. The SMILES string of the molecule is CC(C)(N)CNc1ccc(Oc2ccccc2)cc1. The highest BCUT2D eigenvalue weighted by molar-refractivity contribution is 5.47. The first-order valence-electron chi connectivity index (χ1n) is 6.39. The third-order valence-electron chi connectivity index (χ3n) is 2.58. The van der Waals surface area contributed by atoms with E-state index in [0.29, 0.717) is 0 Å². The lowest BCUT2D eigenvalue weighted by Gasteiger charge is -2.19. The molecule has 2 aromatic carbocycles. The molecule has 0 aromatic heterocycles. The first-order valence-corrected chi connectivity index (χ1v) is 6.39. The number of benzene rings is 2. The van der Waals surface area contributed by atoms with Gasteiger partial charge in [0, 0.05) is 17.8 Å². The summed E-state index contributed by atoms with van der Waals surface area (Å²) >= 11 is 0. The van der Waals surface area contributed by atoms with Crippen LogP contribution in [-0.4, -0.2) is 12.1 Å². The molecule has 0 radical (unpaired) electrons. The Hall–Kier alpha value is -2.00. The normalized spacial score (nSPS) is 11.1. The van der Waals surface area contributed by atoms with E-state index in [1.165, 1.54) is 0 Å². The van der Waals surface area contributed by atoms with Gasteiger partial charge >= 0.3 is 0 Å². The minimum Gasteiger partial charge on any atom is -0.457 e. The van der Waals surface area contributed by atoms with Crippen LogP contribution in [0.25, 0.3) is 0 Å². The van der Waals surface area contributed by atoms with Crippen LogP contribution < -0.4 is 15.8 Å². The third kappa shape index (κ3) is 4.64. The van der Waals surface area contributed by atoms with Gasteiger partial charge in [-0.2, -0.15) is 0 Å². The molecule has 3 heteroatoms. The van der Waals surface area contributed by atoms with Crippen LogP contribution in [-0.2, 0) is 0 Å². The molecule has 0 unspecified atom stereocenters. The molecule has 0 spiro atoms. The molecule has 2 aromatic rings. The minimum atomic E-state index is -0.223. The summed E-state index contributed by atoms with van der Waals surface area (Å²) < 4.78 is 5.73. The van der Waals surface area contributed by atoms with Gasteiger partial charge in [-0.05, 0) is 50.2 Å². The maximum atomic E-state index is 5.93. The van der Waals surface area contributed by atoms with Crippen LogP contribution in [0.1, 0.15) is 13.8 Å². The van der Waals surface area contributed by atoms with Gasteiger partial charge in [0.15, 0.2) is 0 Å². The van der Waals surface area contributed by atoms with Crippen LogP contribution in [0.15, 0.2) is 54.6 Å². The van der Waals surface area contributed by atoms with Crippen molar-refractivity contribution in [3.63, 3.8) is 0 Å². The number of ether oxygens (including phenoxy) is 1. The fraction of sp³-hybridized carbons (Fsp3) is 0.250. The van der Waals surface area contributed by atoms with E-state index in [9.17, 15) is 0 Å². The zero-order valence-corrected chi connectivity index (χ0v) is 11.4. The molecule has 0 bridgehead atoms. The van der Waals surface area contributed by atoms with E-state index in [1.807, 2.05) is 68.4 Å². The lowest BCUT2D eigenvalue weighted by molar-refractivity contribution is 0.483. The molecule has 0 aliphatic heterocycles. The van der Waals surface area contributed by atoms with Gasteiger partial charge in [0.05, 0.1) is 0 Å². The molecule has 100 valence electrons. The number of nitrogens with one attached hydrogen (secondary N) is 1. The van der Waals surface area contributed by atoms with E-state index >= 15 is 0 Å². The summed E-state index contributed by atoms with van der Waals surface area (Å²) in [5.41, 5.74) is 6.75. The second-order valence-corrected chi connectivity index (χ2v) is 5.28. The molecule has 19 heavy (non-hydrogen) atoms. The summed E-state index contributed by atoms with van der Waals surface area (Å²) in [7, 11) is 0. The lowest BCUT2D eigenvalue weighted by Crippen LogP contribution is -2.39. The zero-order valence-electron chi connectivity index (χ0n) is 11.4. The highest BCUT2D eigenvalue weighted by atomic mass is 16.5. The van der Waals surface area contributed by atoms with Crippen LogP contribution >= 0.6 is 0 Å². The van der Waals surface area contributed by atoms with E-state index < -0.39 is 0 Å². The van der Waals surface area contributed by atoms with Crippen molar-refractivity contribution >= 4 is 5.69 Å². The molecule has 0 aliphatic carbocycles. The average molecular weight is 256 g/mol. The Labute approximate surface area is 114 Å². The molecule has 0 aliphatic rings. The van der Waals surface area contributed by atoms with Crippen molar-refractivity contribution in [2.24, 2.45) is 5.73 Å². The van der Waals surface area contributed by atoms with Gasteiger partial charge in [-0.3, -0.25) is 0 Å². The average Bonchev–Trinajstić information content (AvgIpc) is 2.38. The van der Waals surface area contributed by atoms with Crippen LogP contribution in [0.2, 0.25) is 0 Å². The van der Waals surface area contributed by atoms with Crippen molar-refractivity contribution in [3.8, 4) is 11.5 Å². The summed E-state index contributed by atoms with van der Waals surface area (Å²) in [6, 6.07) is 17.6. The number of para-hydroxylation sites is 1. The number of rotatable bonds is 5.